The van der Waals surface area contributed by atoms with E-state index >= 15 is 0 Å². The number of halogens is 1. The molecule has 4 N–H and O–H groups in total. The van der Waals surface area contributed by atoms with Gasteiger partial charge in [0, 0.05) is 29.8 Å². The second kappa shape index (κ2) is 13.8. The van der Waals surface area contributed by atoms with Crippen LogP contribution in [0.15, 0.2) is 60.8 Å². The maximum Gasteiger partial charge on any atom is 0.252 e. The molecule has 1 saturated carbocycles. The van der Waals surface area contributed by atoms with Gasteiger partial charge >= 0.3 is 0 Å². The molecule has 2 amide bonds. The molecule has 270 valence electrons. The Balaban J connectivity index is 0.907. The number of likely N-dealkylation sites (tertiary alicyclic amines) is 1. The number of nitrogens with two attached hydrogens (primary N) is 1. The number of ether oxygens (including phenoxy) is 1. The third-order valence-corrected chi connectivity index (χ3v) is 11.9. The molecule has 8 rings (SSSR count). The number of fused-ring (bicyclic) bond motifs is 1. The molecule has 2 saturated heterocycles. The Morgan fingerprint density at radius 1 is 0.923 bits per heavy atom. The van der Waals surface area contributed by atoms with Crippen molar-refractivity contribution in [3.05, 3.63) is 77.7 Å². The number of hydrogen-bond donors (Lipinski definition) is 3. The Kier molecular flexibility index (Phi) is 9.02. The molecule has 4 aliphatic rings. The molecule has 1 atom stereocenters. The Morgan fingerprint density at radius 3 is 2.50 bits per heavy atom. The van der Waals surface area contributed by atoms with Crippen LogP contribution in [0, 0.1) is 5.82 Å². The van der Waals surface area contributed by atoms with Crippen molar-refractivity contribution in [2.45, 2.75) is 81.7 Å². The number of anilines is 2. The van der Waals surface area contributed by atoms with E-state index in [0.717, 1.165) is 63.1 Å². The van der Waals surface area contributed by atoms with Crippen LogP contribution in [-0.2, 0) is 9.59 Å². The summed E-state index contributed by atoms with van der Waals surface area (Å²) in [5, 5.41) is 21.0. The van der Waals surface area contributed by atoms with Crippen molar-refractivity contribution in [2.24, 2.45) is 0 Å². The first-order chi connectivity index (χ1) is 25.2. The van der Waals surface area contributed by atoms with Crippen LogP contribution in [-0.4, -0.2) is 74.8 Å². The number of nitrogens with zero attached hydrogens (tertiary/aromatic N) is 5. The first-order valence-electron chi connectivity index (χ1n) is 18.4. The summed E-state index contributed by atoms with van der Waals surface area (Å²) in [5.41, 5.74) is 10.7. The van der Waals surface area contributed by atoms with Gasteiger partial charge in [-0.25, -0.2) is 4.39 Å². The summed E-state index contributed by atoms with van der Waals surface area (Å²) in [4.78, 5) is 34.3. The third-order valence-electron chi connectivity index (χ3n) is 11.9. The van der Waals surface area contributed by atoms with Gasteiger partial charge in [-0.3, -0.25) is 19.9 Å². The second-order valence-corrected chi connectivity index (χ2v) is 14.8. The molecule has 0 bridgehead atoms. The van der Waals surface area contributed by atoms with E-state index in [1.54, 1.807) is 18.3 Å². The first kappa shape index (κ1) is 34.0. The summed E-state index contributed by atoms with van der Waals surface area (Å²) in [6.07, 6.45) is 9.14. The van der Waals surface area contributed by atoms with E-state index in [4.69, 9.17) is 10.5 Å². The normalized spacial score (nSPS) is 24.2. The summed E-state index contributed by atoms with van der Waals surface area (Å²) in [5.74, 6) is 0.263. The monoisotopic (exact) mass is 705 g/mol. The maximum atomic E-state index is 14.0. The number of carbonyl (C=O) groups is 2. The minimum atomic E-state index is -0.783. The summed E-state index contributed by atoms with van der Waals surface area (Å²) in [6.45, 7) is 5.11. The maximum absolute atomic E-state index is 14.0. The number of aromatic nitrogens is 3. The third kappa shape index (κ3) is 6.23. The number of nitrogen functional groups attached to an aromatic ring is 1. The largest absolute Gasteiger partial charge is 0.504 e. The van der Waals surface area contributed by atoms with Crippen molar-refractivity contribution in [3.63, 3.8) is 0 Å². The Bertz CT molecular complexity index is 2010. The van der Waals surface area contributed by atoms with Crippen molar-refractivity contribution in [2.75, 3.05) is 36.9 Å². The number of amides is 2. The molecule has 11 nitrogen and oxygen atoms in total. The number of nitrogens with one attached hydrogen (secondary N) is 1. The zero-order chi connectivity index (χ0) is 36.0. The molecular weight excluding hydrogens is 661 g/mol. The molecule has 2 aromatic carbocycles. The number of piperidine rings is 2. The highest BCUT2D eigenvalue weighted by Gasteiger charge is 2.46. The molecule has 0 unspecified atom stereocenters. The van der Waals surface area contributed by atoms with Gasteiger partial charge in [-0.15, -0.1) is 10.2 Å². The van der Waals surface area contributed by atoms with Gasteiger partial charge in [0.05, 0.1) is 23.6 Å². The van der Waals surface area contributed by atoms with Crippen molar-refractivity contribution in [3.8, 4) is 34.0 Å². The highest BCUT2D eigenvalue weighted by atomic mass is 19.1. The molecular formula is C40H44FN7O4. The predicted octanol–water partition coefficient (Wildman–Crippen LogP) is 5.93. The van der Waals surface area contributed by atoms with Crippen molar-refractivity contribution < 1.29 is 23.8 Å². The van der Waals surface area contributed by atoms with Crippen molar-refractivity contribution in [1.82, 2.24) is 25.4 Å². The lowest BCUT2D eigenvalue weighted by atomic mass is 9.79. The van der Waals surface area contributed by atoms with Gasteiger partial charge in [0.15, 0.2) is 17.4 Å². The molecule has 0 radical (unpaired) electrons. The number of aromatic hydroxyl groups is 1. The standard InChI is InChI=1S/C40H44FN7O4/c1-40(16-12-35(49)44-39(40)51)48-20-21-52-37-28(4-3-7-34(37)48)25-8-10-27(11-9-25)47-18-14-24(15-19-47)26-13-17-43-32(22-26)30-23-33(45-46-38(30)42)29-5-2-6-31(41)36(29)50/h2-7,13,17,22-25,27,50H,8-12,14-16,18-21H2,1H3,(H2,42,46)(H,44,49,51)/t25?,27?,40-/m1/s1. The molecule has 3 aliphatic heterocycles. The molecule has 1 aliphatic carbocycles. The summed E-state index contributed by atoms with van der Waals surface area (Å²) >= 11 is 0. The van der Waals surface area contributed by atoms with Gasteiger partial charge < -0.3 is 25.4 Å². The van der Waals surface area contributed by atoms with Gasteiger partial charge in [0.2, 0.25) is 5.91 Å². The number of hydrogen-bond acceptors (Lipinski definition) is 10. The van der Waals surface area contributed by atoms with Gasteiger partial charge in [0.1, 0.15) is 17.9 Å². The van der Waals surface area contributed by atoms with E-state index in [1.165, 1.54) is 23.3 Å². The number of imide groups is 1. The minimum Gasteiger partial charge on any atom is -0.504 e. The van der Waals surface area contributed by atoms with Gasteiger partial charge in [-0.05, 0) is 124 Å². The molecule has 5 heterocycles. The van der Waals surface area contributed by atoms with Crippen molar-refractivity contribution >= 4 is 23.3 Å². The lowest BCUT2D eigenvalue weighted by Gasteiger charge is -2.46. The second-order valence-electron chi connectivity index (χ2n) is 14.8. The molecule has 0 spiro atoms. The van der Waals surface area contributed by atoms with E-state index in [2.05, 4.69) is 54.6 Å². The first-order valence-corrected chi connectivity index (χ1v) is 18.4. The number of phenolic OH excluding ortho intramolecular Hbond substituents is 1. The van der Waals surface area contributed by atoms with Crippen LogP contribution in [0.5, 0.6) is 11.5 Å². The topological polar surface area (TPSA) is 147 Å². The Labute approximate surface area is 302 Å². The quantitative estimate of drug-likeness (QED) is 0.206. The number of para-hydroxylation sites is 2. The van der Waals surface area contributed by atoms with E-state index in [9.17, 15) is 19.1 Å². The molecule has 3 fully saturated rings. The smallest absolute Gasteiger partial charge is 0.252 e. The Morgan fingerprint density at radius 2 is 1.71 bits per heavy atom. The highest BCUT2D eigenvalue weighted by Crippen LogP contribution is 2.47. The highest BCUT2D eigenvalue weighted by molar-refractivity contribution is 6.04. The van der Waals surface area contributed by atoms with Gasteiger partial charge in [-0.2, -0.15) is 0 Å². The molecule has 12 heteroatoms. The summed E-state index contributed by atoms with van der Waals surface area (Å²) in [6, 6.07) is 17.0. The molecule has 52 heavy (non-hydrogen) atoms. The fourth-order valence-electron chi connectivity index (χ4n) is 8.82. The zero-order valence-electron chi connectivity index (χ0n) is 29.4. The number of phenols is 1. The van der Waals surface area contributed by atoms with E-state index < -0.39 is 17.1 Å². The summed E-state index contributed by atoms with van der Waals surface area (Å²) < 4.78 is 20.4. The minimum absolute atomic E-state index is 0.206. The average molecular weight is 706 g/mol. The van der Waals surface area contributed by atoms with Crippen molar-refractivity contribution in [1.29, 1.82) is 0 Å². The Hall–Kier alpha value is -5.10. The molecule has 4 aromatic rings. The van der Waals surface area contributed by atoms with Gasteiger partial charge in [-0.1, -0.05) is 18.2 Å². The van der Waals surface area contributed by atoms with Crippen LogP contribution < -0.4 is 20.7 Å². The van der Waals surface area contributed by atoms with E-state index in [0.29, 0.717) is 60.8 Å². The van der Waals surface area contributed by atoms with E-state index in [-0.39, 0.29) is 23.2 Å². The van der Waals surface area contributed by atoms with Crippen LogP contribution in [0.2, 0.25) is 0 Å². The lowest BCUT2D eigenvalue weighted by Crippen LogP contribution is -2.63. The number of rotatable bonds is 6. The number of carbonyl (C=O) groups excluding carboxylic acids is 2. The van der Waals surface area contributed by atoms with Gasteiger partial charge in [0.25, 0.3) is 5.91 Å². The summed E-state index contributed by atoms with van der Waals surface area (Å²) in [7, 11) is 0. The fourth-order valence-corrected chi connectivity index (χ4v) is 8.82. The number of benzene rings is 2. The van der Waals surface area contributed by atoms with E-state index in [1.807, 2.05) is 13.0 Å². The SMILES string of the molecule is C[C@@]1(N2CCOc3c(C4CCC(N5CCC(c6ccnc(-c7cc(-c8cccc(F)c8O)nnc7N)c6)CC5)CC4)cccc32)CCC(=O)NC1=O. The molecule has 2 aromatic heterocycles. The average Bonchev–Trinajstić information content (AvgIpc) is 3.17. The fraction of sp³-hybridized carbons (Fsp3) is 0.425. The predicted molar refractivity (Wildman–Crippen MR) is 195 cm³/mol. The van der Waals surface area contributed by atoms with Crippen LogP contribution in [0.4, 0.5) is 15.9 Å². The lowest BCUT2D eigenvalue weighted by molar-refractivity contribution is -0.137. The zero-order valence-corrected chi connectivity index (χ0v) is 29.4. The van der Waals surface area contributed by atoms with Crippen LogP contribution >= 0.6 is 0 Å². The van der Waals surface area contributed by atoms with Crippen LogP contribution in [0.25, 0.3) is 22.5 Å². The number of pyridine rings is 1. The van der Waals surface area contributed by atoms with Crippen LogP contribution in [0.1, 0.15) is 81.3 Å². The van der Waals surface area contributed by atoms with Crippen LogP contribution in [0.3, 0.4) is 0 Å².